The molecule has 0 radical (unpaired) electrons. The predicted molar refractivity (Wildman–Crippen MR) is 102 cm³/mol. The number of hydrogen-bond acceptors (Lipinski definition) is 9. The molecule has 170 valence electrons. The first-order chi connectivity index (χ1) is 13.6. The van der Waals surface area contributed by atoms with Gasteiger partial charge in [0.25, 0.3) is 0 Å². The highest BCUT2D eigenvalue weighted by Crippen LogP contribution is 2.43. The number of hydrogen-bond donors (Lipinski definition) is 0. The topological polar surface area (TPSA) is 118 Å². The van der Waals surface area contributed by atoms with Crippen molar-refractivity contribution in [3.8, 4) is 0 Å². The van der Waals surface area contributed by atoms with Gasteiger partial charge in [-0.2, -0.15) is 0 Å². The Morgan fingerprint density at radius 1 is 0.900 bits per heavy atom. The molecule has 0 N–H and O–H groups in total. The van der Waals surface area contributed by atoms with Crippen molar-refractivity contribution in [2.45, 2.75) is 104 Å². The monoisotopic (exact) mass is 429 g/mol. The first-order valence-electron chi connectivity index (χ1n) is 9.84. The standard InChI is InChI=1S/C20H31NO9/c1-10(22)26-14-9-13-15(17(28-12(3)24)16(14)27-11(2)23)29-20(7,8)21(13)18(25)30-19(4,5)6/h13-17H,9H2,1-8H3/t13-,14-,15+,16-,17-/m1/s1. The number of ether oxygens (including phenoxy) is 5. The molecular formula is C20H31NO9. The zero-order valence-electron chi connectivity index (χ0n) is 18.7. The van der Waals surface area contributed by atoms with Crippen LogP contribution in [0.15, 0.2) is 0 Å². The Labute approximate surface area is 176 Å². The zero-order chi connectivity index (χ0) is 23.0. The molecule has 1 amide bonds. The first-order valence-corrected chi connectivity index (χ1v) is 9.84. The number of amides is 1. The molecule has 1 heterocycles. The summed E-state index contributed by atoms with van der Waals surface area (Å²) in [7, 11) is 0. The zero-order valence-corrected chi connectivity index (χ0v) is 18.7. The van der Waals surface area contributed by atoms with Gasteiger partial charge in [-0.1, -0.05) is 0 Å². The van der Waals surface area contributed by atoms with E-state index in [9.17, 15) is 19.2 Å². The molecule has 30 heavy (non-hydrogen) atoms. The van der Waals surface area contributed by atoms with Crippen LogP contribution < -0.4 is 0 Å². The van der Waals surface area contributed by atoms with Gasteiger partial charge in [0.1, 0.15) is 23.5 Å². The maximum absolute atomic E-state index is 13.0. The number of rotatable bonds is 3. The fourth-order valence-electron chi connectivity index (χ4n) is 3.97. The number of fused-ring (bicyclic) bond motifs is 1. The predicted octanol–water partition coefficient (Wildman–Crippen LogP) is 1.93. The lowest BCUT2D eigenvalue weighted by Gasteiger charge is -2.43. The lowest BCUT2D eigenvalue weighted by Crippen LogP contribution is -2.61. The largest absolute Gasteiger partial charge is 0.458 e. The van der Waals surface area contributed by atoms with Crippen LogP contribution in [0.5, 0.6) is 0 Å². The van der Waals surface area contributed by atoms with Crippen molar-refractivity contribution in [1.82, 2.24) is 4.90 Å². The van der Waals surface area contributed by atoms with Crippen LogP contribution in [0.25, 0.3) is 0 Å². The van der Waals surface area contributed by atoms with E-state index in [0.717, 1.165) is 0 Å². The van der Waals surface area contributed by atoms with Crippen LogP contribution in [0, 0.1) is 0 Å². The molecule has 2 aliphatic rings. The number of carbonyl (C=O) groups excluding carboxylic acids is 4. The highest BCUT2D eigenvalue weighted by molar-refractivity contribution is 5.71. The normalized spacial score (nSPS) is 30.1. The van der Waals surface area contributed by atoms with E-state index in [2.05, 4.69) is 0 Å². The summed E-state index contributed by atoms with van der Waals surface area (Å²) in [5.41, 5.74) is -1.85. The Kier molecular flexibility index (Phi) is 6.70. The lowest BCUT2D eigenvalue weighted by molar-refractivity contribution is -0.208. The van der Waals surface area contributed by atoms with E-state index >= 15 is 0 Å². The smallest absolute Gasteiger partial charge is 0.412 e. The molecular weight excluding hydrogens is 398 g/mol. The van der Waals surface area contributed by atoms with Gasteiger partial charge in [-0.25, -0.2) is 4.79 Å². The summed E-state index contributed by atoms with van der Waals surface area (Å²) in [4.78, 5) is 49.6. The van der Waals surface area contributed by atoms with Gasteiger partial charge in [-0.05, 0) is 34.6 Å². The Morgan fingerprint density at radius 2 is 1.40 bits per heavy atom. The summed E-state index contributed by atoms with van der Waals surface area (Å²) in [6, 6.07) is -0.643. The minimum absolute atomic E-state index is 0.114. The average Bonchev–Trinajstić information content (AvgIpc) is 2.77. The molecule has 0 aromatic rings. The Hall–Kier alpha value is -2.36. The Balaban J connectivity index is 2.47. The van der Waals surface area contributed by atoms with Crippen molar-refractivity contribution in [2.24, 2.45) is 0 Å². The van der Waals surface area contributed by atoms with E-state index in [4.69, 9.17) is 23.7 Å². The second-order valence-corrected chi connectivity index (χ2v) is 8.98. The van der Waals surface area contributed by atoms with E-state index in [0.29, 0.717) is 0 Å². The molecule has 10 nitrogen and oxygen atoms in total. The van der Waals surface area contributed by atoms with Crippen molar-refractivity contribution in [3.63, 3.8) is 0 Å². The number of esters is 3. The maximum Gasteiger partial charge on any atom is 0.412 e. The van der Waals surface area contributed by atoms with Crippen LogP contribution in [-0.2, 0) is 38.1 Å². The summed E-state index contributed by atoms with van der Waals surface area (Å²) in [6.45, 7) is 12.2. The third-order valence-electron chi connectivity index (χ3n) is 4.71. The van der Waals surface area contributed by atoms with E-state index < -0.39 is 65.8 Å². The highest BCUT2D eigenvalue weighted by atomic mass is 16.6. The SMILES string of the molecule is CC(=O)O[C@@H]1[C@H]2OC(C)(C)N(C(=O)OC(C)(C)C)[C@@H]2C[C@@H](OC(C)=O)[C@H]1OC(C)=O. The fourth-order valence-corrected chi connectivity index (χ4v) is 3.97. The minimum atomic E-state index is -1.11. The molecule has 0 unspecified atom stereocenters. The van der Waals surface area contributed by atoms with Gasteiger partial charge in [0.05, 0.1) is 6.04 Å². The van der Waals surface area contributed by atoms with Crippen LogP contribution in [-0.4, -0.2) is 70.7 Å². The van der Waals surface area contributed by atoms with Gasteiger partial charge in [-0.15, -0.1) is 0 Å². The first kappa shape index (κ1) is 23.9. The van der Waals surface area contributed by atoms with E-state index in [-0.39, 0.29) is 6.42 Å². The van der Waals surface area contributed by atoms with Crippen molar-refractivity contribution < 1.29 is 42.9 Å². The van der Waals surface area contributed by atoms with Gasteiger partial charge in [0, 0.05) is 27.2 Å². The van der Waals surface area contributed by atoms with E-state index in [1.54, 1.807) is 34.6 Å². The fraction of sp³-hybridized carbons (Fsp3) is 0.800. The third kappa shape index (κ3) is 5.41. The maximum atomic E-state index is 13.0. The lowest BCUT2D eigenvalue weighted by atomic mass is 9.84. The van der Waals surface area contributed by atoms with E-state index in [1.807, 2.05) is 0 Å². The van der Waals surface area contributed by atoms with Crippen LogP contribution in [0.1, 0.15) is 61.8 Å². The Morgan fingerprint density at radius 3 is 1.87 bits per heavy atom. The summed E-state index contributed by atoms with van der Waals surface area (Å²) >= 11 is 0. The molecule has 2 rings (SSSR count). The summed E-state index contributed by atoms with van der Waals surface area (Å²) in [5.74, 6) is -1.86. The summed E-state index contributed by atoms with van der Waals surface area (Å²) in [5, 5.41) is 0. The molecule has 1 aliphatic heterocycles. The molecule has 0 aromatic carbocycles. The van der Waals surface area contributed by atoms with Gasteiger partial charge in [-0.3, -0.25) is 19.3 Å². The minimum Gasteiger partial charge on any atom is -0.458 e. The molecule has 0 bridgehead atoms. The van der Waals surface area contributed by atoms with Crippen molar-refractivity contribution in [2.75, 3.05) is 0 Å². The number of carbonyl (C=O) groups is 4. The van der Waals surface area contributed by atoms with Gasteiger partial charge in [0.2, 0.25) is 0 Å². The van der Waals surface area contributed by atoms with Crippen molar-refractivity contribution in [1.29, 1.82) is 0 Å². The van der Waals surface area contributed by atoms with Crippen LogP contribution in [0.3, 0.4) is 0 Å². The molecule has 1 saturated carbocycles. The average molecular weight is 429 g/mol. The second-order valence-electron chi connectivity index (χ2n) is 8.98. The quantitative estimate of drug-likeness (QED) is 0.490. The van der Waals surface area contributed by atoms with Gasteiger partial charge < -0.3 is 23.7 Å². The molecule has 5 atom stereocenters. The van der Waals surface area contributed by atoms with Crippen LogP contribution in [0.4, 0.5) is 4.79 Å². The molecule has 10 heteroatoms. The Bertz CT molecular complexity index is 712. The molecule has 0 aromatic heterocycles. The van der Waals surface area contributed by atoms with E-state index in [1.165, 1.54) is 25.7 Å². The van der Waals surface area contributed by atoms with Crippen molar-refractivity contribution in [3.05, 3.63) is 0 Å². The van der Waals surface area contributed by atoms with Gasteiger partial charge >= 0.3 is 24.0 Å². The molecule has 1 aliphatic carbocycles. The summed E-state index contributed by atoms with van der Waals surface area (Å²) < 4.78 is 27.8. The third-order valence-corrected chi connectivity index (χ3v) is 4.71. The van der Waals surface area contributed by atoms with Crippen molar-refractivity contribution >= 4 is 24.0 Å². The number of nitrogens with zero attached hydrogens (tertiary/aromatic N) is 1. The molecule has 1 saturated heterocycles. The van der Waals surface area contributed by atoms with Gasteiger partial charge in [0.15, 0.2) is 12.2 Å². The molecule has 0 spiro atoms. The molecule has 2 fully saturated rings. The van der Waals surface area contributed by atoms with Crippen LogP contribution >= 0.6 is 0 Å². The highest BCUT2D eigenvalue weighted by Gasteiger charge is 2.61. The second kappa shape index (κ2) is 8.41. The summed E-state index contributed by atoms with van der Waals surface area (Å²) in [6.07, 6.45) is -4.42. The van der Waals surface area contributed by atoms with Crippen LogP contribution in [0.2, 0.25) is 0 Å².